The third-order valence-corrected chi connectivity index (χ3v) is 3.42. The number of benzene rings is 1. The van der Waals surface area contributed by atoms with Gasteiger partial charge in [-0.1, -0.05) is 27.5 Å². The van der Waals surface area contributed by atoms with Crippen molar-refractivity contribution in [1.82, 2.24) is 4.98 Å². The van der Waals surface area contributed by atoms with Gasteiger partial charge in [-0.15, -0.1) is 0 Å². The first kappa shape index (κ1) is 13.8. The minimum absolute atomic E-state index is 0.290. The van der Waals surface area contributed by atoms with E-state index in [9.17, 15) is 4.79 Å². The van der Waals surface area contributed by atoms with Crippen LogP contribution in [0.5, 0.6) is 0 Å². The summed E-state index contributed by atoms with van der Waals surface area (Å²) < 4.78 is 0.789. The first-order chi connectivity index (χ1) is 8.97. The number of anilines is 2. The van der Waals surface area contributed by atoms with Crippen LogP contribution >= 0.6 is 27.5 Å². The first-order valence-electron chi connectivity index (χ1n) is 5.46. The number of nitrogens with zero attached hydrogens (tertiary/aromatic N) is 1. The molecule has 0 saturated carbocycles. The molecule has 3 N–H and O–H groups in total. The molecule has 0 radical (unpaired) electrons. The lowest BCUT2D eigenvalue weighted by atomic mass is 10.1. The Kier molecular flexibility index (Phi) is 4.07. The molecule has 1 amide bonds. The third-order valence-electron chi connectivity index (χ3n) is 2.53. The summed E-state index contributed by atoms with van der Waals surface area (Å²) in [6.45, 7) is 1.82. The zero-order chi connectivity index (χ0) is 14.0. The van der Waals surface area contributed by atoms with Crippen LogP contribution in [0.2, 0.25) is 5.15 Å². The van der Waals surface area contributed by atoms with Gasteiger partial charge in [-0.05, 0) is 36.8 Å². The number of nitrogens with two attached hydrogens (primary N) is 1. The molecule has 0 saturated heterocycles. The summed E-state index contributed by atoms with van der Waals surface area (Å²) in [5.74, 6) is -0.290. The quantitative estimate of drug-likeness (QED) is 0.648. The molecule has 1 heterocycles. The van der Waals surface area contributed by atoms with Crippen LogP contribution in [0.4, 0.5) is 11.4 Å². The highest BCUT2D eigenvalue weighted by atomic mass is 79.9. The lowest BCUT2D eigenvalue weighted by molar-refractivity contribution is 0.102. The Labute approximate surface area is 124 Å². The minimum atomic E-state index is -0.290. The van der Waals surface area contributed by atoms with Gasteiger partial charge in [-0.2, -0.15) is 0 Å². The molecule has 6 heteroatoms. The third kappa shape index (κ3) is 3.24. The highest BCUT2D eigenvalue weighted by Gasteiger charge is 2.11. The Hall–Kier alpha value is -1.59. The van der Waals surface area contributed by atoms with E-state index < -0.39 is 0 Å². The first-order valence-corrected chi connectivity index (χ1v) is 6.63. The number of nitrogens with one attached hydrogen (secondary N) is 1. The fourth-order valence-corrected chi connectivity index (χ4v) is 2.01. The SMILES string of the molecule is Cc1cc(NC(=O)c2cc(Br)ccc2N)cnc1Cl. The number of rotatable bonds is 2. The molecule has 0 atom stereocenters. The number of carbonyl (C=O) groups excluding carboxylic acids is 1. The van der Waals surface area contributed by atoms with Gasteiger partial charge >= 0.3 is 0 Å². The van der Waals surface area contributed by atoms with E-state index in [2.05, 4.69) is 26.2 Å². The summed E-state index contributed by atoms with van der Waals surface area (Å²) >= 11 is 9.14. The molecule has 0 spiro atoms. The zero-order valence-electron chi connectivity index (χ0n) is 10.1. The van der Waals surface area contributed by atoms with Crippen molar-refractivity contribution >= 4 is 44.8 Å². The van der Waals surface area contributed by atoms with Gasteiger partial charge in [0.05, 0.1) is 17.4 Å². The Morgan fingerprint density at radius 1 is 1.42 bits per heavy atom. The van der Waals surface area contributed by atoms with Crippen molar-refractivity contribution in [3.63, 3.8) is 0 Å². The summed E-state index contributed by atoms with van der Waals surface area (Å²) in [6, 6.07) is 6.87. The maximum Gasteiger partial charge on any atom is 0.257 e. The Balaban J connectivity index is 2.25. The summed E-state index contributed by atoms with van der Waals surface area (Å²) in [7, 11) is 0. The average Bonchev–Trinajstić information content (AvgIpc) is 2.36. The largest absolute Gasteiger partial charge is 0.398 e. The van der Waals surface area contributed by atoms with Crippen molar-refractivity contribution in [1.29, 1.82) is 0 Å². The van der Waals surface area contributed by atoms with Gasteiger partial charge in [0, 0.05) is 10.2 Å². The van der Waals surface area contributed by atoms with Crippen LogP contribution in [0.25, 0.3) is 0 Å². The Morgan fingerprint density at radius 3 is 2.84 bits per heavy atom. The number of nitrogen functional groups attached to an aromatic ring is 1. The number of halogens is 2. The maximum absolute atomic E-state index is 12.1. The van der Waals surface area contributed by atoms with E-state index in [1.807, 2.05) is 6.92 Å². The van der Waals surface area contributed by atoms with Gasteiger partial charge in [-0.3, -0.25) is 4.79 Å². The number of aromatic nitrogens is 1. The van der Waals surface area contributed by atoms with E-state index >= 15 is 0 Å². The Morgan fingerprint density at radius 2 is 2.16 bits per heavy atom. The van der Waals surface area contributed by atoms with Crippen molar-refractivity contribution in [2.45, 2.75) is 6.92 Å². The molecule has 0 aliphatic carbocycles. The molecule has 1 aromatic carbocycles. The molecule has 0 aliphatic heterocycles. The summed E-state index contributed by atoms with van der Waals surface area (Å²) in [4.78, 5) is 16.1. The monoisotopic (exact) mass is 339 g/mol. The van der Waals surface area contributed by atoms with Gasteiger partial charge in [0.15, 0.2) is 0 Å². The molecule has 0 aliphatic rings. The van der Waals surface area contributed by atoms with Gasteiger partial charge in [-0.25, -0.2) is 4.98 Å². The van der Waals surface area contributed by atoms with Gasteiger partial charge < -0.3 is 11.1 Å². The second-order valence-electron chi connectivity index (χ2n) is 4.02. The van der Waals surface area contributed by atoms with Crippen molar-refractivity contribution < 1.29 is 4.79 Å². The smallest absolute Gasteiger partial charge is 0.257 e. The molecular weight excluding hydrogens is 330 g/mol. The van der Waals surface area contributed by atoms with E-state index in [-0.39, 0.29) is 5.91 Å². The molecular formula is C13H11BrClN3O. The van der Waals surface area contributed by atoms with Crippen LogP contribution in [0.1, 0.15) is 15.9 Å². The van der Waals surface area contributed by atoms with E-state index in [0.29, 0.717) is 22.1 Å². The van der Waals surface area contributed by atoms with Crippen LogP contribution < -0.4 is 11.1 Å². The number of aryl methyl sites for hydroxylation is 1. The van der Waals surface area contributed by atoms with Crippen molar-refractivity contribution in [2.75, 3.05) is 11.1 Å². The molecule has 4 nitrogen and oxygen atoms in total. The van der Waals surface area contributed by atoms with E-state index in [1.165, 1.54) is 6.20 Å². The molecule has 2 aromatic rings. The van der Waals surface area contributed by atoms with Gasteiger partial charge in [0.1, 0.15) is 5.15 Å². The second-order valence-corrected chi connectivity index (χ2v) is 5.29. The number of amides is 1. The molecule has 1 aromatic heterocycles. The van der Waals surface area contributed by atoms with E-state index in [1.54, 1.807) is 24.3 Å². The van der Waals surface area contributed by atoms with Crippen LogP contribution in [0.3, 0.4) is 0 Å². The fraction of sp³-hybridized carbons (Fsp3) is 0.0769. The van der Waals surface area contributed by atoms with Crippen LogP contribution in [-0.2, 0) is 0 Å². The normalized spacial score (nSPS) is 10.3. The molecule has 19 heavy (non-hydrogen) atoms. The van der Waals surface area contributed by atoms with Crippen LogP contribution in [0, 0.1) is 6.92 Å². The standard InChI is InChI=1S/C13H11BrClN3O/c1-7-4-9(6-17-12(7)15)18-13(19)10-5-8(14)2-3-11(10)16/h2-6H,16H2,1H3,(H,18,19). The van der Waals surface area contributed by atoms with E-state index in [4.69, 9.17) is 17.3 Å². The molecule has 0 bridgehead atoms. The zero-order valence-corrected chi connectivity index (χ0v) is 12.4. The molecule has 2 rings (SSSR count). The predicted molar refractivity (Wildman–Crippen MR) is 80.5 cm³/mol. The molecule has 0 unspecified atom stereocenters. The number of pyridine rings is 1. The Bertz CT molecular complexity index is 646. The predicted octanol–water partition coefficient (Wildman–Crippen LogP) is 3.64. The summed E-state index contributed by atoms with van der Waals surface area (Å²) in [5, 5.41) is 3.15. The molecule has 0 fully saturated rings. The van der Waals surface area contributed by atoms with Gasteiger partial charge in [0.2, 0.25) is 0 Å². The number of carbonyl (C=O) groups is 1. The average molecular weight is 341 g/mol. The summed E-state index contributed by atoms with van der Waals surface area (Å²) in [5.41, 5.74) is 7.97. The second kappa shape index (κ2) is 5.59. The van der Waals surface area contributed by atoms with Crippen molar-refractivity contribution in [3.8, 4) is 0 Å². The van der Waals surface area contributed by atoms with Crippen LogP contribution in [-0.4, -0.2) is 10.9 Å². The topological polar surface area (TPSA) is 68.0 Å². The summed E-state index contributed by atoms with van der Waals surface area (Å²) in [6.07, 6.45) is 1.50. The number of hydrogen-bond acceptors (Lipinski definition) is 3. The van der Waals surface area contributed by atoms with E-state index in [0.717, 1.165) is 10.0 Å². The maximum atomic E-state index is 12.1. The lowest BCUT2D eigenvalue weighted by Gasteiger charge is -2.08. The number of hydrogen-bond donors (Lipinski definition) is 2. The highest BCUT2D eigenvalue weighted by molar-refractivity contribution is 9.10. The highest BCUT2D eigenvalue weighted by Crippen LogP contribution is 2.21. The minimum Gasteiger partial charge on any atom is -0.398 e. The van der Waals surface area contributed by atoms with Gasteiger partial charge in [0.25, 0.3) is 5.91 Å². The van der Waals surface area contributed by atoms with Crippen molar-refractivity contribution in [2.24, 2.45) is 0 Å². The van der Waals surface area contributed by atoms with Crippen molar-refractivity contribution in [3.05, 3.63) is 51.2 Å². The van der Waals surface area contributed by atoms with Crippen LogP contribution in [0.15, 0.2) is 34.9 Å². The fourth-order valence-electron chi connectivity index (χ4n) is 1.55. The lowest BCUT2D eigenvalue weighted by Crippen LogP contribution is -2.14. The molecule has 98 valence electrons.